The predicted octanol–water partition coefficient (Wildman–Crippen LogP) is 1.25. The van der Waals surface area contributed by atoms with Crippen LogP contribution in [0.25, 0.3) is 0 Å². The summed E-state index contributed by atoms with van der Waals surface area (Å²) >= 11 is 2.95. The Bertz CT molecular complexity index is 366. The lowest BCUT2D eigenvalue weighted by Crippen LogP contribution is -2.34. The molecule has 0 aliphatic carbocycles. The number of thiazole rings is 1. The Morgan fingerprint density at radius 3 is 2.88 bits per heavy atom. The molecule has 5 nitrogen and oxygen atoms in total. The Hall–Kier alpha value is -0.950. The largest absolute Gasteiger partial charge is 0.382 e. The van der Waals surface area contributed by atoms with Gasteiger partial charge in [-0.15, -0.1) is 0 Å². The number of nitrogens with one attached hydrogen (secondary N) is 2. The average molecular weight is 260 g/mol. The summed E-state index contributed by atoms with van der Waals surface area (Å²) in [7, 11) is 1.75. The summed E-state index contributed by atoms with van der Waals surface area (Å²) in [5, 5.41) is 6.40. The fraction of sp³-hybridized carbons (Fsp3) is 0.556. The predicted molar refractivity (Wildman–Crippen MR) is 71.4 cm³/mol. The van der Waals surface area contributed by atoms with Crippen molar-refractivity contribution >= 4 is 40.0 Å². The molecule has 0 aromatic carbocycles. The van der Waals surface area contributed by atoms with E-state index in [1.54, 1.807) is 18.8 Å². The van der Waals surface area contributed by atoms with Crippen LogP contribution >= 0.6 is 23.1 Å². The van der Waals surface area contributed by atoms with Gasteiger partial charge in [-0.2, -0.15) is 11.8 Å². The van der Waals surface area contributed by atoms with Crippen molar-refractivity contribution in [1.82, 2.24) is 10.3 Å². The molecule has 1 unspecified atom stereocenters. The molecule has 90 valence electrons. The van der Waals surface area contributed by atoms with Gasteiger partial charge >= 0.3 is 0 Å². The highest BCUT2D eigenvalue weighted by molar-refractivity contribution is 7.98. The van der Waals surface area contributed by atoms with E-state index in [0.717, 1.165) is 5.75 Å². The summed E-state index contributed by atoms with van der Waals surface area (Å²) in [6.07, 6.45) is 2.00. The number of nitrogen functional groups attached to an aromatic ring is 1. The van der Waals surface area contributed by atoms with Crippen molar-refractivity contribution in [2.45, 2.75) is 13.0 Å². The molecule has 0 aliphatic heterocycles. The van der Waals surface area contributed by atoms with Gasteiger partial charge in [-0.25, -0.2) is 4.98 Å². The van der Waals surface area contributed by atoms with Crippen LogP contribution < -0.4 is 16.4 Å². The van der Waals surface area contributed by atoms with Gasteiger partial charge < -0.3 is 16.4 Å². The van der Waals surface area contributed by atoms with Crippen LogP contribution in [-0.2, 0) is 0 Å². The van der Waals surface area contributed by atoms with Gasteiger partial charge in [0.15, 0.2) is 5.13 Å². The van der Waals surface area contributed by atoms with E-state index in [2.05, 4.69) is 15.6 Å². The molecule has 1 heterocycles. The third-order valence-electron chi connectivity index (χ3n) is 1.87. The second kappa shape index (κ2) is 5.95. The van der Waals surface area contributed by atoms with Crippen LogP contribution in [0.3, 0.4) is 0 Å². The first-order valence-corrected chi connectivity index (χ1v) is 7.03. The van der Waals surface area contributed by atoms with E-state index in [1.807, 2.05) is 13.2 Å². The third-order valence-corrected chi connectivity index (χ3v) is 3.79. The van der Waals surface area contributed by atoms with Crippen molar-refractivity contribution in [1.29, 1.82) is 0 Å². The van der Waals surface area contributed by atoms with Crippen LogP contribution in [-0.4, -0.2) is 36.0 Å². The minimum absolute atomic E-state index is 0.127. The molecule has 1 aromatic heterocycles. The van der Waals surface area contributed by atoms with Crippen molar-refractivity contribution in [3.63, 3.8) is 0 Å². The van der Waals surface area contributed by atoms with Gasteiger partial charge in [0.2, 0.25) is 0 Å². The van der Waals surface area contributed by atoms with Gasteiger partial charge in [-0.05, 0) is 13.2 Å². The number of thioether (sulfide) groups is 1. The first-order valence-electron chi connectivity index (χ1n) is 4.82. The van der Waals surface area contributed by atoms with Crippen LogP contribution in [0, 0.1) is 0 Å². The summed E-state index contributed by atoms with van der Waals surface area (Å²) in [5.74, 6) is 1.00. The van der Waals surface area contributed by atoms with Crippen molar-refractivity contribution < 1.29 is 4.79 Å². The van der Waals surface area contributed by atoms with E-state index in [4.69, 9.17) is 5.73 Å². The SMILES string of the molecule is CNc1nc(N)c(C(=O)NC(C)CSC)s1. The van der Waals surface area contributed by atoms with Gasteiger partial charge in [-0.1, -0.05) is 11.3 Å². The number of rotatable bonds is 5. The Balaban J connectivity index is 2.68. The van der Waals surface area contributed by atoms with Gasteiger partial charge in [-0.3, -0.25) is 4.79 Å². The van der Waals surface area contributed by atoms with Crippen molar-refractivity contribution in [3.8, 4) is 0 Å². The lowest BCUT2D eigenvalue weighted by atomic mass is 10.3. The molecule has 0 fully saturated rings. The highest BCUT2D eigenvalue weighted by Gasteiger charge is 2.17. The van der Waals surface area contributed by atoms with E-state index in [1.165, 1.54) is 11.3 Å². The number of nitrogens with zero attached hydrogens (tertiary/aromatic N) is 1. The van der Waals surface area contributed by atoms with Crippen LogP contribution in [0.4, 0.5) is 10.9 Å². The average Bonchev–Trinajstić information content (AvgIpc) is 2.60. The van der Waals surface area contributed by atoms with Gasteiger partial charge in [0.25, 0.3) is 5.91 Å². The minimum atomic E-state index is -0.155. The van der Waals surface area contributed by atoms with Gasteiger partial charge in [0.05, 0.1) is 0 Å². The van der Waals surface area contributed by atoms with E-state index >= 15 is 0 Å². The fourth-order valence-electron chi connectivity index (χ4n) is 1.18. The monoisotopic (exact) mass is 260 g/mol. The maximum absolute atomic E-state index is 11.8. The lowest BCUT2D eigenvalue weighted by molar-refractivity contribution is 0.0948. The maximum atomic E-state index is 11.8. The number of hydrogen-bond donors (Lipinski definition) is 3. The van der Waals surface area contributed by atoms with Crippen molar-refractivity contribution in [2.24, 2.45) is 0 Å². The molecular weight excluding hydrogens is 244 g/mol. The second-order valence-corrected chi connectivity index (χ2v) is 5.22. The first-order chi connectivity index (χ1) is 7.58. The zero-order valence-electron chi connectivity index (χ0n) is 9.53. The van der Waals surface area contributed by atoms with Gasteiger partial charge in [0.1, 0.15) is 10.7 Å². The Labute approximate surface area is 103 Å². The van der Waals surface area contributed by atoms with E-state index < -0.39 is 0 Å². The van der Waals surface area contributed by atoms with E-state index in [9.17, 15) is 4.79 Å². The molecular formula is C9H16N4OS2. The van der Waals surface area contributed by atoms with Crippen LogP contribution in [0.5, 0.6) is 0 Å². The Morgan fingerprint density at radius 1 is 1.69 bits per heavy atom. The minimum Gasteiger partial charge on any atom is -0.382 e. The molecule has 0 bridgehead atoms. The molecule has 0 saturated carbocycles. The highest BCUT2D eigenvalue weighted by atomic mass is 32.2. The second-order valence-electron chi connectivity index (χ2n) is 3.31. The van der Waals surface area contributed by atoms with E-state index in [-0.39, 0.29) is 17.8 Å². The van der Waals surface area contributed by atoms with Crippen LogP contribution in [0.1, 0.15) is 16.6 Å². The number of anilines is 2. The van der Waals surface area contributed by atoms with Crippen molar-refractivity contribution in [2.75, 3.05) is 30.1 Å². The summed E-state index contributed by atoms with van der Waals surface area (Å²) < 4.78 is 0. The van der Waals surface area contributed by atoms with Crippen LogP contribution in [0.2, 0.25) is 0 Å². The summed E-state index contributed by atoms with van der Waals surface area (Å²) in [4.78, 5) is 16.3. The Kier molecular flexibility index (Phi) is 4.88. The zero-order chi connectivity index (χ0) is 12.1. The molecule has 0 aliphatic rings. The number of amides is 1. The summed E-state index contributed by atoms with van der Waals surface area (Å²) in [6, 6.07) is 0.127. The van der Waals surface area contributed by atoms with E-state index in [0.29, 0.717) is 10.0 Å². The van der Waals surface area contributed by atoms with Crippen LogP contribution in [0.15, 0.2) is 0 Å². The molecule has 7 heteroatoms. The number of carbonyl (C=O) groups is 1. The number of carbonyl (C=O) groups excluding carboxylic acids is 1. The third kappa shape index (κ3) is 3.28. The molecule has 4 N–H and O–H groups in total. The first kappa shape index (κ1) is 13.1. The topological polar surface area (TPSA) is 80.0 Å². The summed E-state index contributed by atoms with van der Waals surface area (Å²) in [6.45, 7) is 1.96. The molecule has 0 saturated heterocycles. The number of nitrogens with two attached hydrogens (primary N) is 1. The molecule has 1 amide bonds. The normalized spacial score (nSPS) is 12.2. The Morgan fingerprint density at radius 2 is 2.38 bits per heavy atom. The molecule has 0 radical (unpaired) electrons. The quantitative estimate of drug-likeness (QED) is 0.742. The summed E-state index contributed by atoms with van der Waals surface area (Å²) in [5.41, 5.74) is 5.66. The molecule has 0 spiro atoms. The molecule has 16 heavy (non-hydrogen) atoms. The standard InChI is InChI=1S/C9H16N4OS2/c1-5(4-15-3)12-8(14)6-7(10)13-9(11-2)16-6/h5H,4,10H2,1-3H3,(H,11,13)(H,12,14). The number of aromatic nitrogens is 1. The molecule has 1 rings (SSSR count). The van der Waals surface area contributed by atoms with Gasteiger partial charge in [0, 0.05) is 18.8 Å². The lowest BCUT2D eigenvalue weighted by Gasteiger charge is -2.11. The number of hydrogen-bond acceptors (Lipinski definition) is 6. The zero-order valence-corrected chi connectivity index (χ0v) is 11.2. The van der Waals surface area contributed by atoms with Crippen molar-refractivity contribution in [3.05, 3.63) is 4.88 Å². The smallest absolute Gasteiger partial charge is 0.265 e. The highest BCUT2D eigenvalue weighted by Crippen LogP contribution is 2.24. The molecule has 1 atom stereocenters. The fourth-order valence-corrected chi connectivity index (χ4v) is 2.51. The molecule has 1 aromatic rings. The maximum Gasteiger partial charge on any atom is 0.265 e.